The second kappa shape index (κ2) is 2.25. The van der Waals surface area contributed by atoms with Gasteiger partial charge in [0, 0.05) is 12.3 Å². The zero-order valence-electron chi connectivity index (χ0n) is 7.24. The minimum absolute atomic E-state index is 0.0140. The largest absolute Gasteiger partial charge is 0.483 e. The lowest BCUT2D eigenvalue weighted by Gasteiger charge is -2.22. The minimum atomic E-state index is -0.695. The molecule has 0 radical (unpaired) electrons. The maximum Gasteiger partial charge on any atom is 0.351 e. The van der Waals surface area contributed by atoms with E-state index in [1.807, 2.05) is 19.9 Å². The van der Waals surface area contributed by atoms with Crippen LogP contribution in [0.25, 0.3) is 0 Å². The van der Waals surface area contributed by atoms with Gasteiger partial charge in [-0.15, -0.1) is 0 Å². The lowest BCUT2D eigenvalue weighted by molar-refractivity contribution is -0.156. The predicted molar refractivity (Wildman–Crippen MR) is 42.3 cm³/mol. The van der Waals surface area contributed by atoms with Crippen LogP contribution >= 0.6 is 0 Å². The second-order valence-electron chi connectivity index (χ2n) is 3.54. The first kappa shape index (κ1) is 7.65. The fourth-order valence-electron chi connectivity index (χ4n) is 1.84. The van der Waals surface area contributed by atoms with Crippen molar-refractivity contribution in [3.63, 3.8) is 0 Å². The molecule has 3 heteroatoms. The van der Waals surface area contributed by atoms with E-state index in [4.69, 9.17) is 9.47 Å². The van der Waals surface area contributed by atoms with E-state index in [0.717, 1.165) is 0 Å². The third-order valence-corrected chi connectivity index (χ3v) is 2.63. The Morgan fingerprint density at radius 2 is 2.33 bits per heavy atom. The molecule has 66 valence electrons. The van der Waals surface area contributed by atoms with E-state index >= 15 is 0 Å². The lowest BCUT2D eigenvalue weighted by Crippen LogP contribution is -2.39. The molecule has 0 aromatic rings. The Morgan fingerprint density at radius 3 is 2.75 bits per heavy atom. The summed E-state index contributed by atoms with van der Waals surface area (Å²) in [4.78, 5) is 11.4. The first-order chi connectivity index (χ1) is 5.65. The molecule has 0 aromatic carbocycles. The third kappa shape index (κ3) is 0.792. The Labute approximate surface area is 71.3 Å². The van der Waals surface area contributed by atoms with Crippen LogP contribution in [0, 0.1) is 5.92 Å². The highest BCUT2D eigenvalue weighted by Crippen LogP contribution is 2.40. The van der Waals surface area contributed by atoms with E-state index in [2.05, 4.69) is 0 Å². The molecule has 1 saturated heterocycles. The van der Waals surface area contributed by atoms with Crippen molar-refractivity contribution >= 4 is 5.97 Å². The van der Waals surface area contributed by atoms with Gasteiger partial charge in [0.1, 0.15) is 6.10 Å². The van der Waals surface area contributed by atoms with Gasteiger partial charge in [-0.3, -0.25) is 0 Å². The zero-order valence-corrected chi connectivity index (χ0v) is 7.24. The molecule has 0 aliphatic carbocycles. The van der Waals surface area contributed by atoms with Crippen LogP contribution in [0.4, 0.5) is 0 Å². The highest BCUT2D eigenvalue weighted by molar-refractivity contribution is 5.83. The predicted octanol–water partition coefficient (Wildman–Crippen LogP) is 1.24. The molecule has 0 bridgehead atoms. The molecule has 2 heterocycles. The van der Waals surface area contributed by atoms with Gasteiger partial charge < -0.3 is 9.47 Å². The van der Waals surface area contributed by atoms with E-state index in [-0.39, 0.29) is 18.0 Å². The Bertz CT molecular complexity index is 246. The lowest BCUT2D eigenvalue weighted by atomic mass is 9.87. The Hall–Kier alpha value is -0.990. The highest BCUT2D eigenvalue weighted by Gasteiger charge is 2.54. The molecule has 0 aromatic heterocycles. The monoisotopic (exact) mass is 168 g/mol. The Kier molecular flexibility index (Phi) is 1.43. The number of carbonyl (C=O) groups excluding carboxylic acids is 1. The van der Waals surface area contributed by atoms with Crippen molar-refractivity contribution in [1.29, 1.82) is 0 Å². The summed E-state index contributed by atoms with van der Waals surface area (Å²) in [6, 6.07) is 0. The second-order valence-corrected chi connectivity index (χ2v) is 3.54. The molecule has 0 saturated carbocycles. The van der Waals surface area contributed by atoms with Crippen LogP contribution in [0.5, 0.6) is 0 Å². The SMILES string of the molecule is CC1C=CO[C@@]12C[C@H](C)OC2=O. The average molecular weight is 168 g/mol. The van der Waals surface area contributed by atoms with Crippen molar-refractivity contribution < 1.29 is 14.3 Å². The molecule has 3 atom stereocenters. The molecule has 1 unspecified atom stereocenters. The molecule has 1 spiro atoms. The molecule has 0 amide bonds. The standard InChI is InChI=1S/C9H12O3/c1-6-3-4-11-9(6)5-7(2)12-8(9)10/h3-4,6-7H,5H2,1-2H3/t6?,7-,9-/m0/s1. The quantitative estimate of drug-likeness (QED) is 0.510. The van der Waals surface area contributed by atoms with Gasteiger partial charge in [-0.1, -0.05) is 6.92 Å². The van der Waals surface area contributed by atoms with Crippen LogP contribution in [0.15, 0.2) is 12.3 Å². The van der Waals surface area contributed by atoms with Gasteiger partial charge in [0.05, 0.1) is 6.26 Å². The van der Waals surface area contributed by atoms with Crippen LogP contribution in [0.1, 0.15) is 20.3 Å². The van der Waals surface area contributed by atoms with Crippen molar-refractivity contribution in [3.05, 3.63) is 12.3 Å². The van der Waals surface area contributed by atoms with Gasteiger partial charge in [-0.05, 0) is 13.0 Å². The van der Waals surface area contributed by atoms with Crippen molar-refractivity contribution in [2.45, 2.75) is 32.0 Å². The Balaban J connectivity index is 2.27. The molecule has 3 nitrogen and oxygen atoms in total. The third-order valence-electron chi connectivity index (χ3n) is 2.63. The van der Waals surface area contributed by atoms with Gasteiger partial charge in [0.15, 0.2) is 0 Å². The molecule has 2 rings (SSSR count). The van der Waals surface area contributed by atoms with E-state index in [0.29, 0.717) is 6.42 Å². The van der Waals surface area contributed by atoms with E-state index in [9.17, 15) is 4.79 Å². The maximum atomic E-state index is 11.4. The van der Waals surface area contributed by atoms with Gasteiger partial charge in [-0.2, -0.15) is 0 Å². The van der Waals surface area contributed by atoms with Gasteiger partial charge in [0.25, 0.3) is 0 Å². The normalized spacial score (nSPS) is 45.0. The number of hydrogen-bond donors (Lipinski definition) is 0. The number of ether oxygens (including phenoxy) is 2. The maximum absolute atomic E-state index is 11.4. The van der Waals surface area contributed by atoms with Gasteiger partial charge in [0.2, 0.25) is 5.60 Å². The van der Waals surface area contributed by atoms with Crippen LogP contribution < -0.4 is 0 Å². The van der Waals surface area contributed by atoms with Crippen molar-refractivity contribution in [1.82, 2.24) is 0 Å². The number of cyclic esters (lactones) is 1. The molecule has 2 aliphatic heterocycles. The summed E-state index contributed by atoms with van der Waals surface area (Å²) < 4.78 is 10.4. The van der Waals surface area contributed by atoms with Crippen LogP contribution in [0.3, 0.4) is 0 Å². The topological polar surface area (TPSA) is 35.5 Å². The summed E-state index contributed by atoms with van der Waals surface area (Å²) in [5.74, 6) is -0.0811. The smallest absolute Gasteiger partial charge is 0.351 e. The summed E-state index contributed by atoms with van der Waals surface area (Å²) in [6.07, 6.45) is 4.16. The fraction of sp³-hybridized carbons (Fsp3) is 0.667. The molecule has 2 aliphatic rings. The summed E-state index contributed by atoms with van der Waals surface area (Å²) in [5.41, 5.74) is -0.695. The Morgan fingerprint density at radius 1 is 1.58 bits per heavy atom. The number of esters is 1. The minimum Gasteiger partial charge on any atom is -0.483 e. The summed E-state index contributed by atoms with van der Waals surface area (Å²) in [5, 5.41) is 0. The summed E-state index contributed by atoms with van der Waals surface area (Å²) in [7, 11) is 0. The van der Waals surface area contributed by atoms with Crippen LogP contribution in [-0.4, -0.2) is 17.7 Å². The van der Waals surface area contributed by atoms with Gasteiger partial charge >= 0.3 is 5.97 Å². The first-order valence-electron chi connectivity index (χ1n) is 4.21. The van der Waals surface area contributed by atoms with E-state index in [1.165, 1.54) is 0 Å². The van der Waals surface area contributed by atoms with Crippen molar-refractivity contribution in [3.8, 4) is 0 Å². The van der Waals surface area contributed by atoms with Crippen molar-refractivity contribution in [2.24, 2.45) is 5.92 Å². The molecular weight excluding hydrogens is 156 g/mol. The van der Waals surface area contributed by atoms with Crippen LogP contribution in [0.2, 0.25) is 0 Å². The number of carbonyl (C=O) groups is 1. The summed E-state index contributed by atoms with van der Waals surface area (Å²) in [6.45, 7) is 3.86. The van der Waals surface area contributed by atoms with Crippen LogP contribution in [-0.2, 0) is 14.3 Å². The van der Waals surface area contributed by atoms with Crippen molar-refractivity contribution in [2.75, 3.05) is 0 Å². The molecule has 0 N–H and O–H groups in total. The first-order valence-corrected chi connectivity index (χ1v) is 4.21. The highest BCUT2D eigenvalue weighted by atomic mass is 16.6. The number of rotatable bonds is 0. The van der Waals surface area contributed by atoms with E-state index < -0.39 is 5.60 Å². The summed E-state index contributed by atoms with van der Waals surface area (Å²) >= 11 is 0. The average Bonchev–Trinajstić information content (AvgIpc) is 2.44. The van der Waals surface area contributed by atoms with Gasteiger partial charge in [-0.25, -0.2) is 4.79 Å². The van der Waals surface area contributed by atoms with E-state index in [1.54, 1.807) is 6.26 Å². The zero-order chi connectivity index (χ0) is 8.77. The fourth-order valence-corrected chi connectivity index (χ4v) is 1.84. The molecular formula is C9H12O3. The molecule has 1 fully saturated rings. The number of hydrogen-bond acceptors (Lipinski definition) is 3. The molecule has 12 heavy (non-hydrogen) atoms.